The first-order chi connectivity index (χ1) is 14.0. The van der Waals surface area contributed by atoms with Gasteiger partial charge in [0.2, 0.25) is 0 Å². The molecular weight excluding hydrogens is 392 g/mol. The molecule has 0 aliphatic carbocycles. The average Bonchev–Trinajstić information content (AvgIpc) is 3.15. The van der Waals surface area contributed by atoms with Gasteiger partial charge in [-0.1, -0.05) is 6.07 Å². The molecule has 0 radical (unpaired) electrons. The summed E-state index contributed by atoms with van der Waals surface area (Å²) in [4.78, 5) is 40.7. The number of nitrogens with zero attached hydrogens (tertiary/aromatic N) is 6. The number of carbonyl (C=O) groups is 1. The van der Waals surface area contributed by atoms with Crippen LogP contribution in [0.3, 0.4) is 0 Å². The zero-order chi connectivity index (χ0) is 20.4. The van der Waals surface area contributed by atoms with Crippen molar-refractivity contribution >= 4 is 28.7 Å². The molecule has 1 aliphatic rings. The van der Waals surface area contributed by atoms with Crippen LogP contribution in [0.2, 0.25) is 0 Å². The molecule has 10 heteroatoms. The first kappa shape index (κ1) is 18.9. The molecule has 29 heavy (non-hydrogen) atoms. The first-order valence-electron chi connectivity index (χ1n) is 9.06. The Morgan fingerprint density at radius 3 is 2.55 bits per heavy atom. The van der Waals surface area contributed by atoms with Crippen molar-refractivity contribution in [3.8, 4) is 10.7 Å². The van der Waals surface area contributed by atoms with Crippen molar-refractivity contribution < 1.29 is 9.72 Å². The maximum absolute atomic E-state index is 13.0. The highest BCUT2D eigenvalue weighted by atomic mass is 32.1. The summed E-state index contributed by atoms with van der Waals surface area (Å²) < 4.78 is 0. The van der Waals surface area contributed by atoms with Gasteiger partial charge in [-0.05, 0) is 25.1 Å². The number of hydrogen-bond donors (Lipinski definition) is 0. The SMILES string of the molecule is Cc1nc(-c2ccccn2)sc1C(=O)N1CCN(c2ccc([N+](=O)[O-])cn2)CC1. The van der Waals surface area contributed by atoms with Gasteiger partial charge in [0.15, 0.2) is 0 Å². The summed E-state index contributed by atoms with van der Waals surface area (Å²) in [6, 6.07) is 8.70. The van der Waals surface area contributed by atoms with E-state index in [2.05, 4.69) is 15.0 Å². The number of nitro groups is 1. The van der Waals surface area contributed by atoms with Crippen molar-refractivity contribution in [1.82, 2.24) is 19.9 Å². The van der Waals surface area contributed by atoms with Crippen LogP contribution in [-0.2, 0) is 0 Å². The van der Waals surface area contributed by atoms with E-state index in [1.54, 1.807) is 12.3 Å². The zero-order valence-corrected chi connectivity index (χ0v) is 16.5. The van der Waals surface area contributed by atoms with E-state index in [9.17, 15) is 14.9 Å². The molecule has 0 aromatic carbocycles. The Labute approximate surface area is 170 Å². The second-order valence-corrected chi connectivity index (χ2v) is 7.56. The molecule has 0 bridgehead atoms. The van der Waals surface area contributed by atoms with E-state index in [1.165, 1.54) is 23.6 Å². The van der Waals surface area contributed by atoms with Crippen LogP contribution < -0.4 is 4.90 Å². The maximum Gasteiger partial charge on any atom is 0.287 e. The van der Waals surface area contributed by atoms with Gasteiger partial charge < -0.3 is 9.80 Å². The fourth-order valence-electron chi connectivity index (χ4n) is 3.15. The normalized spacial score (nSPS) is 14.1. The Morgan fingerprint density at radius 1 is 1.14 bits per heavy atom. The third kappa shape index (κ3) is 3.92. The molecule has 1 amide bonds. The van der Waals surface area contributed by atoms with Crippen molar-refractivity contribution in [2.45, 2.75) is 6.92 Å². The van der Waals surface area contributed by atoms with Gasteiger partial charge in [0.25, 0.3) is 11.6 Å². The molecule has 0 atom stereocenters. The summed E-state index contributed by atoms with van der Waals surface area (Å²) in [7, 11) is 0. The lowest BCUT2D eigenvalue weighted by molar-refractivity contribution is -0.385. The second-order valence-electron chi connectivity index (χ2n) is 6.56. The second kappa shape index (κ2) is 7.92. The summed E-state index contributed by atoms with van der Waals surface area (Å²) in [5.74, 6) is 0.646. The number of carbonyl (C=O) groups excluding carboxylic acids is 1. The number of aromatic nitrogens is 3. The number of anilines is 1. The van der Waals surface area contributed by atoms with Crippen LogP contribution >= 0.6 is 11.3 Å². The Bertz CT molecular complexity index is 1030. The summed E-state index contributed by atoms with van der Waals surface area (Å²) in [6.07, 6.45) is 2.96. The molecule has 1 fully saturated rings. The predicted molar refractivity (Wildman–Crippen MR) is 109 cm³/mol. The molecule has 3 aromatic rings. The van der Waals surface area contributed by atoms with Gasteiger partial charge in [-0.15, -0.1) is 11.3 Å². The van der Waals surface area contributed by atoms with Gasteiger partial charge in [0.1, 0.15) is 21.9 Å². The molecule has 0 unspecified atom stereocenters. The molecule has 4 heterocycles. The molecule has 148 valence electrons. The predicted octanol–water partition coefficient (Wildman–Crippen LogP) is 2.78. The molecule has 0 spiro atoms. The number of rotatable bonds is 4. The number of thiazole rings is 1. The number of piperazine rings is 1. The highest BCUT2D eigenvalue weighted by Gasteiger charge is 2.26. The van der Waals surface area contributed by atoms with Crippen LogP contribution in [0, 0.1) is 17.0 Å². The quantitative estimate of drug-likeness (QED) is 0.481. The number of amides is 1. The monoisotopic (exact) mass is 410 g/mol. The Balaban J connectivity index is 1.43. The van der Waals surface area contributed by atoms with E-state index in [-0.39, 0.29) is 11.6 Å². The fraction of sp³-hybridized carbons (Fsp3) is 0.263. The molecule has 3 aromatic heterocycles. The van der Waals surface area contributed by atoms with E-state index in [0.29, 0.717) is 42.6 Å². The lowest BCUT2D eigenvalue weighted by Crippen LogP contribution is -2.49. The van der Waals surface area contributed by atoms with E-state index in [4.69, 9.17) is 0 Å². The maximum atomic E-state index is 13.0. The Kier molecular flexibility index (Phi) is 5.17. The number of hydrogen-bond acceptors (Lipinski definition) is 8. The van der Waals surface area contributed by atoms with Crippen molar-refractivity contribution in [3.63, 3.8) is 0 Å². The van der Waals surface area contributed by atoms with Crippen LogP contribution in [0.5, 0.6) is 0 Å². The molecule has 9 nitrogen and oxygen atoms in total. The molecule has 0 saturated carbocycles. The minimum Gasteiger partial charge on any atom is -0.353 e. The van der Waals surface area contributed by atoms with Gasteiger partial charge in [-0.25, -0.2) is 9.97 Å². The zero-order valence-electron chi connectivity index (χ0n) is 15.7. The van der Waals surface area contributed by atoms with Crippen LogP contribution in [0.25, 0.3) is 10.7 Å². The highest BCUT2D eigenvalue weighted by Crippen LogP contribution is 2.28. The third-order valence-corrected chi connectivity index (χ3v) is 5.88. The third-order valence-electron chi connectivity index (χ3n) is 4.71. The van der Waals surface area contributed by atoms with Crippen molar-refractivity contribution in [2.24, 2.45) is 0 Å². The average molecular weight is 410 g/mol. The first-order valence-corrected chi connectivity index (χ1v) is 9.88. The van der Waals surface area contributed by atoms with E-state index >= 15 is 0 Å². The van der Waals surface area contributed by atoms with Gasteiger partial charge in [0.05, 0.1) is 16.3 Å². The summed E-state index contributed by atoms with van der Waals surface area (Å²) in [5.41, 5.74) is 1.43. The fourth-order valence-corrected chi connectivity index (χ4v) is 4.16. The van der Waals surface area contributed by atoms with Gasteiger partial charge >= 0.3 is 0 Å². The van der Waals surface area contributed by atoms with Crippen LogP contribution in [0.1, 0.15) is 15.4 Å². The molecule has 1 saturated heterocycles. The van der Waals surface area contributed by atoms with Crippen LogP contribution in [0.15, 0.2) is 42.7 Å². The molecule has 4 rings (SSSR count). The van der Waals surface area contributed by atoms with E-state index in [1.807, 2.05) is 34.9 Å². The largest absolute Gasteiger partial charge is 0.353 e. The Morgan fingerprint density at radius 2 is 1.93 bits per heavy atom. The summed E-state index contributed by atoms with van der Waals surface area (Å²) in [6.45, 7) is 4.16. The van der Waals surface area contributed by atoms with Gasteiger partial charge in [-0.3, -0.25) is 19.9 Å². The van der Waals surface area contributed by atoms with Crippen LogP contribution in [-0.4, -0.2) is 56.9 Å². The highest BCUT2D eigenvalue weighted by molar-refractivity contribution is 7.17. The van der Waals surface area contributed by atoms with Crippen molar-refractivity contribution in [2.75, 3.05) is 31.1 Å². The molecule has 1 aliphatic heterocycles. The topological polar surface area (TPSA) is 105 Å². The van der Waals surface area contributed by atoms with Crippen molar-refractivity contribution in [3.05, 3.63) is 63.4 Å². The van der Waals surface area contributed by atoms with Gasteiger partial charge in [-0.2, -0.15) is 0 Å². The molecule has 0 N–H and O–H groups in total. The minimum atomic E-state index is -0.468. The van der Waals surface area contributed by atoms with E-state index < -0.39 is 4.92 Å². The molecular formula is C19H18N6O3S. The van der Waals surface area contributed by atoms with E-state index in [0.717, 1.165) is 10.7 Å². The van der Waals surface area contributed by atoms with Crippen LogP contribution in [0.4, 0.5) is 11.5 Å². The summed E-state index contributed by atoms with van der Waals surface area (Å²) >= 11 is 1.36. The lowest BCUT2D eigenvalue weighted by atomic mass is 10.2. The van der Waals surface area contributed by atoms with Gasteiger partial charge in [0, 0.05) is 38.4 Å². The Hall–Kier alpha value is -3.40. The lowest BCUT2D eigenvalue weighted by Gasteiger charge is -2.35. The minimum absolute atomic E-state index is 0.0292. The van der Waals surface area contributed by atoms with Crippen molar-refractivity contribution in [1.29, 1.82) is 0 Å². The smallest absolute Gasteiger partial charge is 0.287 e. The summed E-state index contributed by atoms with van der Waals surface area (Å²) in [5, 5.41) is 11.5. The number of pyridine rings is 2. The number of aryl methyl sites for hydroxylation is 1. The standard InChI is InChI=1S/C19H18N6O3S/c1-13-17(29-18(22-13)15-4-2-3-7-20-15)19(26)24-10-8-23(9-11-24)16-6-5-14(12-21-16)25(27)28/h2-7,12H,8-11H2,1H3.